The van der Waals surface area contributed by atoms with Gasteiger partial charge in [-0.3, -0.25) is 9.59 Å². The van der Waals surface area contributed by atoms with Crippen molar-refractivity contribution in [3.8, 4) is 0 Å². The number of benzene rings is 2. The van der Waals surface area contributed by atoms with Crippen molar-refractivity contribution in [2.24, 2.45) is 5.73 Å². The Morgan fingerprint density at radius 2 is 1.59 bits per heavy atom. The topological polar surface area (TPSA) is 119 Å². The van der Waals surface area contributed by atoms with Gasteiger partial charge in [0.15, 0.2) is 11.5 Å². The van der Waals surface area contributed by atoms with Crippen molar-refractivity contribution in [1.82, 2.24) is 15.1 Å². The Kier molecular flexibility index (Phi) is 6.71. The molecule has 1 aromatic heterocycles. The number of carbonyl (C=O) groups is 3. The van der Waals surface area contributed by atoms with Gasteiger partial charge in [0, 0.05) is 38.2 Å². The minimum Gasteiger partial charge on any atom is -0.439 e. The first-order valence-electron chi connectivity index (χ1n) is 12.3. The number of nitrogens with two attached hydrogens (primary N) is 1. The Bertz CT molecular complexity index is 1420. The van der Waals surface area contributed by atoms with Crippen molar-refractivity contribution < 1.29 is 32.3 Å². The molecule has 39 heavy (non-hydrogen) atoms. The highest BCUT2D eigenvalue weighted by Gasteiger charge is 2.48. The summed E-state index contributed by atoms with van der Waals surface area (Å²) in [7, 11) is 0. The predicted octanol–water partition coefficient (Wildman–Crippen LogP) is 2.94. The zero-order valence-corrected chi connectivity index (χ0v) is 20.6. The molecule has 3 aromatic rings. The zero-order valence-electron chi connectivity index (χ0n) is 20.6. The van der Waals surface area contributed by atoms with Gasteiger partial charge in [-0.25, -0.2) is 4.79 Å². The summed E-state index contributed by atoms with van der Waals surface area (Å²) in [6, 6.07) is 14.8. The van der Waals surface area contributed by atoms with Crippen LogP contribution in [-0.4, -0.2) is 59.1 Å². The minimum absolute atomic E-state index is 0.110. The van der Waals surface area contributed by atoms with Crippen molar-refractivity contribution in [3.63, 3.8) is 0 Å². The maximum atomic E-state index is 13.3. The number of carbonyl (C=O) groups excluding carboxylic acids is 3. The molecule has 1 fully saturated rings. The molecule has 0 saturated carbocycles. The van der Waals surface area contributed by atoms with E-state index in [4.69, 9.17) is 10.5 Å². The minimum atomic E-state index is -4.63. The molecule has 2 heterocycles. The van der Waals surface area contributed by atoms with Crippen molar-refractivity contribution in [1.29, 1.82) is 0 Å². The van der Waals surface area contributed by atoms with Crippen LogP contribution in [0.4, 0.5) is 19.0 Å². The van der Waals surface area contributed by atoms with Crippen LogP contribution in [0.3, 0.4) is 0 Å². The van der Waals surface area contributed by atoms with E-state index in [0.717, 1.165) is 11.6 Å². The monoisotopic (exact) mass is 539 g/mol. The number of amides is 2. The fraction of sp³-hybridized carbons (Fsp3) is 0.296. The van der Waals surface area contributed by atoms with E-state index < -0.39 is 35.1 Å². The van der Waals surface area contributed by atoms with E-state index in [1.807, 2.05) is 12.1 Å². The first-order chi connectivity index (χ1) is 18.6. The number of anilines is 1. The first-order valence-corrected chi connectivity index (χ1v) is 12.3. The van der Waals surface area contributed by atoms with Crippen LogP contribution in [0, 0.1) is 0 Å². The Morgan fingerprint density at radius 1 is 0.897 bits per heavy atom. The van der Waals surface area contributed by atoms with Gasteiger partial charge in [-0.05, 0) is 36.2 Å². The van der Waals surface area contributed by atoms with Gasteiger partial charge in [-0.15, -0.1) is 10.2 Å². The summed E-state index contributed by atoms with van der Waals surface area (Å²) in [5, 5.41) is 8.05. The number of alkyl halides is 3. The molecule has 0 spiro atoms. The summed E-state index contributed by atoms with van der Waals surface area (Å²) in [6.45, 7) is 0.966. The molecule has 2 aliphatic rings. The SMILES string of the molecule is NC(=O)C1(OC(=O)c2ccc(N3CCN(C(=O)c4ccccc4C(F)(F)F)CC3)nn2)CCc2ccccc21. The van der Waals surface area contributed by atoms with Crippen LogP contribution >= 0.6 is 0 Å². The Hall–Kier alpha value is -4.48. The second-order valence-corrected chi connectivity index (χ2v) is 9.34. The highest BCUT2D eigenvalue weighted by atomic mass is 19.4. The van der Waals surface area contributed by atoms with Crippen LogP contribution in [0.2, 0.25) is 0 Å². The third-order valence-corrected chi connectivity index (χ3v) is 7.08. The quantitative estimate of drug-likeness (QED) is 0.496. The molecule has 1 saturated heterocycles. The van der Waals surface area contributed by atoms with E-state index in [1.165, 1.54) is 29.2 Å². The lowest BCUT2D eigenvalue weighted by atomic mass is 9.95. The number of hydrogen-bond acceptors (Lipinski definition) is 7. The zero-order chi connectivity index (χ0) is 27.8. The molecular weight excluding hydrogens is 515 g/mol. The number of nitrogens with zero attached hydrogens (tertiary/aromatic N) is 4. The molecule has 1 aliphatic heterocycles. The third kappa shape index (κ3) is 4.89. The van der Waals surface area contributed by atoms with Gasteiger partial charge in [-0.2, -0.15) is 13.2 Å². The molecule has 0 bridgehead atoms. The second-order valence-electron chi connectivity index (χ2n) is 9.34. The Labute approximate surface area is 221 Å². The molecule has 2 N–H and O–H groups in total. The maximum absolute atomic E-state index is 13.3. The standard InChI is InChI=1S/C27H24F3N5O4/c28-27(29,30)20-8-4-2-6-18(20)23(36)35-15-13-34(14-16-35)22-10-9-21(32-33-22)24(37)39-26(25(31)38)12-11-17-5-1-3-7-19(17)26/h1-10H,11-16H2,(H2,31,38). The smallest absolute Gasteiger partial charge is 0.417 e. The van der Waals surface area contributed by atoms with Gasteiger partial charge < -0.3 is 20.3 Å². The van der Waals surface area contributed by atoms with E-state index in [1.54, 1.807) is 23.1 Å². The van der Waals surface area contributed by atoms with Crippen LogP contribution in [0.1, 0.15) is 44.0 Å². The number of aromatic nitrogens is 2. The van der Waals surface area contributed by atoms with Gasteiger partial charge in [0.1, 0.15) is 0 Å². The fourth-order valence-electron chi connectivity index (χ4n) is 5.03. The van der Waals surface area contributed by atoms with Gasteiger partial charge >= 0.3 is 12.1 Å². The molecule has 12 heteroatoms. The Morgan fingerprint density at radius 3 is 2.26 bits per heavy atom. The lowest BCUT2D eigenvalue weighted by Crippen LogP contribution is -2.49. The lowest BCUT2D eigenvalue weighted by Gasteiger charge is -2.35. The van der Waals surface area contributed by atoms with Crippen molar-refractivity contribution in [2.45, 2.75) is 24.6 Å². The molecule has 1 unspecified atom stereocenters. The summed E-state index contributed by atoms with van der Waals surface area (Å²) in [5.74, 6) is -1.88. The molecule has 0 radical (unpaired) electrons. The number of rotatable bonds is 5. The van der Waals surface area contributed by atoms with Crippen LogP contribution in [0.25, 0.3) is 0 Å². The first kappa shape index (κ1) is 26.1. The number of esters is 1. The Balaban J connectivity index is 1.24. The number of aryl methyl sites for hydroxylation is 1. The highest BCUT2D eigenvalue weighted by Crippen LogP contribution is 2.40. The number of halogens is 3. The third-order valence-electron chi connectivity index (χ3n) is 7.08. The average Bonchev–Trinajstić information content (AvgIpc) is 3.32. The predicted molar refractivity (Wildman–Crippen MR) is 133 cm³/mol. The largest absolute Gasteiger partial charge is 0.439 e. The molecule has 9 nitrogen and oxygen atoms in total. The fourth-order valence-corrected chi connectivity index (χ4v) is 5.03. The molecule has 2 aromatic carbocycles. The van der Waals surface area contributed by atoms with Crippen molar-refractivity contribution in [2.75, 3.05) is 31.1 Å². The number of hydrogen-bond donors (Lipinski definition) is 1. The summed E-state index contributed by atoms with van der Waals surface area (Å²) in [4.78, 5) is 41.2. The average molecular weight is 540 g/mol. The molecule has 2 amide bonds. The van der Waals surface area contributed by atoms with Crippen LogP contribution in [0.15, 0.2) is 60.7 Å². The maximum Gasteiger partial charge on any atom is 0.417 e. The normalized spacial score (nSPS) is 18.9. The van der Waals surface area contributed by atoms with E-state index in [2.05, 4.69) is 10.2 Å². The number of fused-ring (bicyclic) bond motifs is 1. The molecule has 202 valence electrons. The van der Waals surface area contributed by atoms with Crippen LogP contribution < -0.4 is 10.6 Å². The summed E-state index contributed by atoms with van der Waals surface area (Å²) in [6.07, 6.45) is -3.87. The number of ether oxygens (including phenoxy) is 1. The lowest BCUT2D eigenvalue weighted by molar-refractivity contribution is -0.138. The van der Waals surface area contributed by atoms with Crippen LogP contribution in [0.5, 0.6) is 0 Å². The molecule has 1 atom stereocenters. The number of piperazine rings is 1. The van der Waals surface area contributed by atoms with Gasteiger partial charge in [0.25, 0.3) is 11.8 Å². The van der Waals surface area contributed by atoms with Gasteiger partial charge in [-0.1, -0.05) is 36.4 Å². The number of primary amides is 1. The van der Waals surface area contributed by atoms with Gasteiger partial charge in [0.05, 0.1) is 11.1 Å². The van der Waals surface area contributed by atoms with E-state index >= 15 is 0 Å². The molecular formula is C27H24F3N5O4. The van der Waals surface area contributed by atoms with E-state index in [0.29, 0.717) is 30.9 Å². The van der Waals surface area contributed by atoms with E-state index in [9.17, 15) is 27.6 Å². The van der Waals surface area contributed by atoms with Crippen LogP contribution in [-0.2, 0) is 27.7 Å². The van der Waals surface area contributed by atoms with Crippen molar-refractivity contribution >= 4 is 23.6 Å². The van der Waals surface area contributed by atoms with E-state index in [-0.39, 0.29) is 30.8 Å². The molecule has 1 aliphatic carbocycles. The highest BCUT2D eigenvalue weighted by molar-refractivity contribution is 5.96. The van der Waals surface area contributed by atoms with Crippen molar-refractivity contribution in [3.05, 3.63) is 88.6 Å². The van der Waals surface area contributed by atoms with Gasteiger partial charge in [0.2, 0.25) is 5.60 Å². The summed E-state index contributed by atoms with van der Waals surface area (Å²) >= 11 is 0. The summed E-state index contributed by atoms with van der Waals surface area (Å²) in [5.41, 5.74) is 4.04. The molecule has 5 rings (SSSR count). The summed E-state index contributed by atoms with van der Waals surface area (Å²) < 4.78 is 45.6. The second kappa shape index (κ2) is 10.0.